The number of amides is 3. The summed E-state index contributed by atoms with van der Waals surface area (Å²) in [5, 5.41) is 5.45. The predicted octanol–water partition coefficient (Wildman–Crippen LogP) is -1.15. The van der Waals surface area contributed by atoms with Gasteiger partial charge in [-0.2, -0.15) is 0 Å². The first-order chi connectivity index (χ1) is 17.7. The Kier molecular flexibility index (Phi) is 12.7. The van der Waals surface area contributed by atoms with Gasteiger partial charge in [0.05, 0.1) is 17.4 Å². The van der Waals surface area contributed by atoms with E-state index >= 15 is 0 Å². The molecule has 0 heterocycles. The number of aryl methyl sites for hydroxylation is 1. The van der Waals surface area contributed by atoms with Gasteiger partial charge in [-0.3, -0.25) is 14.4 Å². The summed E-state index contributed by atoms with van der Waals surface area (Å²) >= 11 is 0. The molecule has 0 aliphatic heterocycles. The minimum atomic E-state index is -2.68. The van der Waals surface area contributed by atoms with Crippen molar-refractivity contribution >= 4 is 28.4 Å². The molecule has 2 aromatic carbocycles. The van der Waals surface area contributed by atoms with Gasteiger partial charge in [0.25, 0.3) is 0 Å². The molecule has 2 rings (SSSR count). The number of nitrogens with one attached hydrogen (secondary N) is 2. The van der Waals surface area contributed by atoms with Gasteiger partial charge in [-0.05, 0) is 36.1 Å². The summed E-state index contributed by atoms with van der Waals surface area (Å²) in [6.07, 6.45) is 0.594. The Morgan fingerprint density at radius 3 is 2.05 bits per heavy atom. The highest BCUT2D eigenvalue weighted by Gasteiger charge is 2.26. The van der Waals surface area contributed by atoms with Crippen LogP contribution in [0.1, 0.15) is 24.0 Å². The molecule has 0 aromatic heterocycles. The molecule has 3 amide bonds. The zero-order valence-corrected chi connectivity index (χ0v) is 21.6. The second-order valence-electron chi connectivity index (χ2n) is 8.50. The van der Waals surface area contributed by atoms with Crippen molar-refractivity contribution in [1.29, 1.82) is 0 Å². The number of nitrogens with zero attached hydrogens (tertiary/aromatic N) is 1. The summed E-state index contributed by atoms with van der Waals surface area (Å²) in [6.45, 7) is 1.27. The molecule has 202 valence electrons. The molecule has 11 nitrogen and oxygen atoms in total. The summed E-state index contributed by atoms with van der Waals surface area (Å²) in [6, 6.07) is 13.6. The summed E-state index contributed by atoms with van der Waals surface area (Å²) < 4.78 is 22.1. The van der Waals surface area contributed by atoms with E-state index in [1.54, 1.807) is 12.1 Å². The van der Waals surface area contributed by atoms with Gasteiger partial charge in [0.15, 0.2) is 10.7 Å². The van der Waals surface area contributed by atoms with E-state index in [-0.39, 0.29) is 36.9 Å². The molecular weight excluding hydrogens is 496 g/mol. The van der Waals surface area contributed by atoms with E-state index in [1.165, 1.54) is 17.0 Å². The second kappa shape index (κ2) is 15.7. The molecule has 0 saturated carbocycles. The molecule has 12 heteroatoms. The molecule has 0 radical (unpaired) electrons. The molecule has 0 unspecified atom stereocenters. The average Bonchev–Trinajstić information content (AvgIpc) is 2.90. The van der Waals surface area contributed by atoms with Crippen LogP contribution in [0.4, 0.5) is 0 Å². The SMILES string of the molecule is NCCN(CCN)C(=O)C[C@H](N)C(=O)N[C@@H](CCc1ccccc1)C(=O)NCc1ccc([SH](=O)=O)cc1. The molecule has 0 aliphatic carbocycles. The number of hydrogen-bond acceptors (Lipinski definition) is 8. The number of benzene rings is 2. The topological polar surface area (TPSA) is 191 Å². The van der Waals surface area contributed by atoms with Gasteiger partial charge in [0, 0.05) is 32.7 Å². The van der Waals surface area contributed by atoms with Gasteiger partial charge in [0.1, 0.15) is 6.04 Å². The first-order valence-electron chi connectivity index (χ1n) is 12.0. The zero-order chi connectivity index (χ0) is 27.2. The van der Waals surface area contributed by atoms with Gasteiger partial charge in [-0.1, -0.05) is 42.5 Å². The number of rotatable bonds is 15. The molecule has 0 saturated heterocycles. The molecule has 37 heavy (non-hydrogen) atoms. The van der Waals surface area contributed by atoms with Crippen LogP contribution in [0.3, 0.4) is 0 Å². The Balaban J connectivity index is 2.04. The standard InChI is InChI=1S/C25H36N6O5S/c26-12-14-31(15-13-27)23(32)16-21(28)24(33)30-22(11-8-18-4-2-1-3-5-18)25(34)29-17-19-6-9-20(10-7-19)37(35)36/h1-7,9-10,21-22,37H,8,11-17,26-28H2,(H,29,34)(H,30,33)/t21-,22-/m0/s1. The summed E-state index contributed by atoms with van der Waals surface area (Å²) in [5.41, 5.74) is 18.8. The van der Waals surface area contributed by atoms with Gasteiger partial charge >= 0.3 is 0 Å². The fourth-order valence-corrected chi connectivity index (χ4v) is 4.03. The van der Waals surface area contributed by atoms with Gasteiger partial charge in [-0.25, -0.2) is 8.42 Å². The molecule has 2 atom stereocenters. The third-order valence-electron chi connectivity index (χ3n) is 5.69. The van der Waals surface area contributed by atoms with Crippen LogP contribution in [0.15, 0.2) is 59.5 Å². The summed E-state index contributed by atoms with van der Waals surface area (Å²) in [4.78, 5) is 40.0. The van der Waals surface area contributed by atoms with Gasteiger partial charge < -0.3 is 32.7 Å². The molecule has 2 aromatic rings. The van der Waals surface area contributed by atoms with Crippen LogP contribution in [0.25, 0.3) is 0 Å². The lowest BCUT2D eigenvalue weighted by Crippen LogP contribution is -2.53. The maximum absolute atomic E-state index is 13.0. The fraction of sp³-hybridized carbons (Fsp3) is 0.400. The Hall–Kier alpha value is -3.32. The van der Waals surface area contributed by atoms with Crippen molar-refractivity contribution in [2.45, 2.75) is 42.8 Å². The molecular formula is C25H36N6O5S. The van der Waals surface area contributed by atoms with Crippen molar-refractivity contribution < 1.29 is 22.8 Å². The maximum Gasteiger partial charge on any atom is 0.242 e. The molecule has 8 N–H and O–H groups in total. The lowest BCUT2D eigenvalue weighted by Gasteiger charge is -2.24. The van der Waals surface area contributed by atoms with Crippen molar-refractivity contribution in [3.63, 3.8) is 0 Å². The van der Waals surface area contributed by atoms with Crippen LogP contribution in [-0.4, -0.2) is 69.3 Å². The largest absolute Gasteiger partial charge is 0.350 e. The molecule has 0 fully saturated rings. The molecule has 0 aliphatic rings. The lowest BCUT2D eigenvalue weighted by atomic mass is 10.0. The van der Waals surface area contributed by atoms with Crippen molar-refractivity contribution in [1.82, 2.24) is 15.5 Å². The minimum absolute atomic E-state index is 0.143. The van der Waals surface area contributed by atoms with Crippen LogP contribution in [0.2, 0.25) is 0 Å². The highest BCUT2D eigenvalue weighted by Crippen LogP contribution is 2.08. The third-order valence-corrected chi connectivity index (χ3v) is 6.41. The normalized spacial score (nSPS) is 12.5. The second-order valence-corrected chi connectivity index (χ2v) is 9.53. The van der Waals surface area contributed by atoms with E-state index < -0.39 is 34.6 Å². The van der Waals surface area contributed by atoms with Crippen LogP contribution in [-0.2, 0) is 38.1 Å². The van der Waals surface area contributed by atoms with Crippen molar-refractivity contribution in [2.24, 2.45) is 17.2 Å². The van der Waals surface area contributed by atoms with E-state index in [2.05, 4.69) is 10.6 Å². The molecule has 0 spiro atoms. The molecule has 0 bridgehead atoms. The van der Waals surface area contributed by atoms with E-state index in [1.807, 2.05) is 30.3 Å². The number of carbonyl (C=O) groups is 3. The number of thiol groups is 1. The smallest absolute Gasteiger partial charge is 0.242 e. The first kappa shape index (κ1) is 29.9. The number of nitrogens with two attached hydrogens (primary N) is 3. The first-order valence-corrected chi connectivity index (χ1v) is 13.2. The Labute approximate surface area is 218 Å². The number of hydrogen-bond donors (Lipinski definition) is 6. The third kappa shape index (κ3) is 10.3. The van der Waals surface area contributed by atoms with E-state index in [0.29, 0.717) is 31.5 Å². The van der Waals surface area contributed by atoms with Gasteiger partial charge in [-0.15, -0.1) is 0 Å². The highest BCUT2D eigenvalue weighted by molar-refractivity contribution is 7.72. The van der Waals surface area contributed by atoms with Crippen LogP contribution in [0, 0.1) is 0 Å². The van der Waals surface area contributed by atoms with Crippen LogP contribution in [0.5, 0.6) is 0 Å². The predicted molar refractivity (Wildman–Crippen MR) is 141 cm³/mol. The van der Waals surface area contributed by atoms with E-state index in [9.17, 15) is 22.8 Å². The van der Waals surface area contributed by atoms with Gasteiger partial charge in [0.2, 0.25) is 17.7 Å². The maximum atomic E-state index is 13.0. The van der Waals surface area contributed by atoms with Crippen molar-refractivity contribution in [3.8, 4) is 0 Å². The summed E-state index contributed by atoms with van der Waals surface area (Å²) in [7, 11) is -2.68. The Morgan fingerprint density at radius 1 is 0.865 bits per heavy atom. The monoisotopic (exact) mass is 532 g/mol. The highest BCUT2D eigenvalue weighted by atomic mass is 32.2. The van der Waals surface area contributed by atoms with Crippen molar-refractivity contribution in [2.75, 3.05) is 26.2 Å². The van der Waals surface area contributed by atoms with Crippen LogP contribution >= 0.6 is 0 Å². The number of carbonyl (C=O) groups excluding carboxylic acids is 3. The lowest BCUT2D eigenvalue weighted by molar-refractivity contribution is -0.135. The van der Waals surface area contributed by atoms with Crippen LogP contribution < -0.4 is 27.8 Å². The van der Waals surface area contributed by atoms with Crippen molar-refractivity contribution in [3.05, 3.63) is 65.7 Å². The van der Waals surface area contributed by atoms with E-state index in [0.717, 1.165) is 5.56 Å². The average molecular weight is 533 g/mol. The van der Waals surface area contributed by atoms with E-state index in [4.69, 9.17) is 17.2 Å². The summed E-state index contributed by atoms with van der Waals surface area (Å²) in [5.74, 6) is -1.38. The fourth-order valence-electron chi connectivity index (χ4n) is 3.63. The Morgan fingerprint density at radius 2 is 1.49 bits per heavy atom. The quantitative estimate of drug-likeness (QED) is 0.155. The Bertz CT molecular complexity index is 1080. The minimum Gasteiger partial charge on any atom is -0.350 e. The zero-order valence-electron chi connectivity index (χ0n) is 20.7.